The van der Waals surface area contributed by atoms with Gasteiger partial charge in [0.2, 0.25) is 0 Å². The molecule has 58 valence electrons. The van der Waals surface area contributed by atoms with Crippen molar-refractivity contribution in [3.8, 4) is 0 Å². The first-order valence-electron chi connectivity index (χ1n) is 3.62. The van der Waals surface area contributed by atoms with Crippen LogP contribution in [0.3, 0.4) is 0 Å². The molecule has 1 heteroatoms. The van der Waals surface area contributed by atoms with Gasteiger partial charge in [0.1, 0.15) is 0 Å². The van der Waals surface area contributed by atoms with E-state index in [0.717, 1.165) is 10.8 Å². The van der Waals surface area contributed by atoms with E-state index in [1.54, 1.807) is 0 Å². The van der Waals surface area contributed by atoms with Crippen molar-refractivity contribution < 1.29 is 0 Å². The standard InChI is InChI=1S/C10H11I/c1-2-5-9-6-3-4-7-10(9)8-11/h2-4,6-7H,1,5,8H2. The molecule has 0 aliphatic rings. The average Bonchev–Trinajstić information content (AvgIpc) is 2.06. The first-order chi connectivity index (χ1) is 5.38. The summed E-state index contributed by atoms with van der Waals surface area (Å²) in [4.78, 5) is 0. The molecular weight excluding hydrogens is 247 g/mol. The Morgan fingerprint density at radius 2 is 1.91 bits per heavy atom. The van der Waals surface area contributed by atoms with E-state index < -0.39 is 0 Å². The van der Waals surface area contributed by atoms with Crippen molar-refractivity contribution in [3.05, 3.63) is 48.0 Å². The Kier molecular flexibility index (Phi) is 3.63. The summed E-state index contributed by atoms with van der Waals surface area (Å²) in [5, 5.41) is 0. The van der Waals surface area contributed by atoms with Crippen molar-refractivity contribution in [2.45, 2.75) is 10.8 Å². The van der Waals surface area contributed by atoms with Crippen LogP contribution >= 0.6 is 22.6 Å². The van der Waals surface area contributed by atoms with Crippen molar-refractivity contribution in [1.29, 1.82) is 0 Å². The molecule has 0 nitrogen and oxygen atoms in total. The Labute approximate surface area is 81.5 Å². The zero-order valence-corrected chi connectivity index (χ0v) is 8.54. The molecule has 0 unspecified atom stereocenters. The summed E-state index contributed by atoms with van der Waals surface area (Å²) in [6.45, 7) is 3.73. The van der Waals surface area contributed by atoms with Crippen molar-refractivity contribution in [1.82, 2.24) is 0 Å². The third-order valence-electron chi connectivity index (χ3n) is 1.63. The lowest BCUT2D eigenvalue weighted by molar-refractivity contribution is 1.21. The van der Waals surface area contributed by atoms with Crippen LogP contribution in [0.1, 0.15) is 11.1 Å². The molecule has 0 bridgehead atoms. The largest absolute Gasteiger partial charge is 0.103 e. The molecule has 0 amide bonds. The summed E-state index contributed by atoms with van der Waals surface area (Å²) < 4.78 is 1.09. The van der Waals surface area contributed by atoms with Gasteiger partial charge in [-0.15, -0.1) is 6.58 Å². The van der Waals surface area contributed by atoms with Gasteiger partial charge in [0.05, 0.1) is 0 Å². The van der Waals surface area contributed by atoms with Crippen LogP contribution in [-0.4, -0.2) is 0 Å². The zero-order valence-electron chi connectivity index (χ0n) is 6.39. The highest BCUT2D eigenvalue weighted by molar-refractivity contribution is 14.1. The van der Waals surface area contributed by atoms with Gasteiger partial charge in [-0.2, -0.15) is 0 Å². The van der Waals surface area contributed by atoms with Gasteiger partial charge in [0.25, 0.3) is 0 Å². The Morgan fingerprint density at radius 1 is 1.27 bits per heavy atom. The van der Waals surface area contributed by atoms with E-state index in [1.807, 2.05) is 6.08 Å². The minimum atomic E-state index is 0.985. The Balaban J connectivity index is 2.92. The Bertz CT molecular complexity index is 240. The van der Waals surface area contributed by atoms with Gasteiger partial charge in [-0.1, -0.05) is 52.9 Å². The molecule has 0 saturated heterocycles. The van der Waals surface area contributed by atoms with Crippen LogP contribution in [0.25, 0.3) is 0 Å². The number of rotatable bonds is 3. The summed E-state index contributed by atoms with van der Waals surface area (Å²) in [6.07, 6.45) is 2.93. The topological polar surface area (TPSA) is 0 Å². The molecule has 0 aliphatic heterocycles. The summed E-state index contributed by atoms with van der Waals surface area (Å²) in [7, 11) is 0. The third-order valence-corrected chi connectivity index (χ3v) is 2.45. The first kappa shape index (κ1) is 8.78. The number of hydrogen-bond acceptors (Lipinski definition) is 0. The normalized spacial score (nSPS) is 9.55. The molecule has 0 saturated carbocycles. The molecule has 0 spiro atoms. The molecule has 0 aliphatic carbocycles. The summed E-state index contributed by atoms with van der Waals surface area (Å²) >= 11 is 2.38. The van der Waals surface area contributed by atoms with E-state index in [4.69, 9.17) is 0 Å². The van der Waals surface area contributed by atoms with Crippen molar-refractivity contribution in [2.24, 2.45) is 0 Å². The van der Waals surface area contributed by atoms with Gasteiger partial charge in [-0.3, -0.25) is 0 Å². The van der Waals surface area contributed by atoms with Gasteiger partial charge < -0.3 is 0 Å². The quantitative estimate of drug-likeness (QED) is 0.443. The molecule has 0 aromatic heterocycles. The van der Waals surface area contributed by atoms with E-state index >= 15 is 0 Å². The molecule has 1 rings (SSSR count). The Hall–Kier alpha value is -0.310. The van der Waals surface area contributed by atoms with Crippen LogP contribution in [0.5, 0.6) is 0 Å². The number of halogens is 1. The fraction of sp³-hybridized carbons (Fsp3) is 0.200. The number of alkyl halides is 1. The zero-order chi connectivity index (χ0) is 8.10. The van der Waals surface area contributed by atoms with Crippen LogP contribution in [0.4, 0.5) is 0 Å². The monoisotopic (exact) mass is 258 g/mol. The highest BCUT2D eigenvalue weighted by Crippen LogP contribution is 2.13. The molecule has 0 N–H and O–H groups in total. The van der Waals surface area contributed by atoms with E-state index in [-0.39, 0.29) is 0 Å². The van der Waals surface area contributed by atoms with E-state index in [9.17, 15) is 0 Å². The SMILES string of the molecule is C=CCc1ccccc1CI. The second-order valence-corrected chi connectivity index (χ2v) is 3.16. The second-order valence-electron chi connectivity index (χ2n) is 2.40. The van der Waals surface area contributed by atoms with Crippen LogP contribution in [0, 0.1) is 0 Å². The molecule has 1 aromatic carbocycles. The number of hydrogen-bond donors (Lipinski definition) is 0. The molecule has 0 radical (unpaired) electrons. The van der Waals surface area contributed by atoms with Crippen LogP contribution in [-0.2, 0) is 10.8 Å². The van der Waals surface area contributed by atoms with E-state index in [1.165, 1.54) is 11.1 Å². The molecule has 1 aromatic rings. The Morgan fingerprint density at radius 3 is 2.45 bits per heavy atom. The van der Waals surface area contributed by atoms with E-state index in [2.05, 4.69) is 53.4 Å². The number of allylic oxidation sites excluding steroid dienone is 1. The van der Waals surface area contributed by atoms with Crippen molar-refractivity contribution >= 4 is 22.6 Å². The molecule has 0 atom stereocenters. The maximum atomic E-state index is 3.73. The highest BCUT2D eigenvalue weighted by Gasteiger charge is 1.95. The summed E-state index contributed by atoms with van der Waals surface area (Å²) in [5.41, 5.74) is 2.82. The predicted molar refractivity (Wildman–Crippen MR) is 58.1 cm³/mol. The highest BCUT2D eigenvalue weighted by atomic mass is 127. The molecular formula is C10H11I. The second kappa shape index (κ2) is 4.54. The third kappa shape index (κ3) is 2.33. The fourth-order valence-corrected chi connectivity index (χ4v) is 1.79. The summed E-state index contributed by atoms with van der Waals surface area (Å²) in [6, 6.07) is 8.50. The van der Waals surface area contributed by atoms with Crippen molar-refractivity contribution in [2.75, 3.05) is 0 Å². The first-order valence-corrected chi connectivity index (χ1v) is 5.14. The lowest BCUT2D eigenvalue weighted by Gasteiger charge is -2.02. The van der Waals surface area contributed by atoms with Gasteiger partial charge in [-0.25, -0.2) is 0 Å². The lowest BCUT2D eigenvalue weighted by atomic mass is 10.1. The van der Waals surface area contributed by atoms with Crippen LogP contribution in [0.15, 0.2) is 36.9 Å². The molecule has 11 heavy (non-hydrogen) atoms. The number of benzene rings is 1. The van der Waals surface area contributed by atoms with Gasteiger partial charge in [-0.05, 0) is 17.5 Å². The van der Waals surface area contributed by atoms with Crippen LogP contribution < -0.4 is 0 Å². The van der Waals surface area contributed by atoms with Gasteiger partial charge in [0.15, 0.2) is 0 Å². The minimum Gasteiger partial charge on any atom is -0.103 e. The predicted octanol–water partition coefficient (Wildman–Crippen LogP) is 3.35. The van der Waals surface area contributed by atoms with E-state index in [0.29, 0.717) is 0 Å². The average molecular weight is 258 g/mol. The van der Waals surface area contributed by atoms with Gasteiger partial charge in [0, 0.05) is 4.43 Å². The fourth-order valence-electron chi connectivity index (χ4n) is 1.04. The minimum absolute atomic E-state index is 0.985. The summed E-state index contributed by atoms with van der Waals surface area (Å²) in [5.74, 6) is 0. The maximum absolute atomic E-state index is 3.73. The lowest BCUT2D eigenvalue weighted by Crippen LogP contribution is -1.87. The van der Waals surface area contributed by atoms with Crippen LogP contribution in [0.2, 0.25) is 0 Å². The molecule has 0 fully saturated rings. The molecule has 0 heterocycles. The maximum Gasteiger partial charge on any atom is 0.0249 e. The van der Waals surface area contributed by atoms with Gasteiger partial charge >= 0.3 is 0 Å². The van der Waals surface area contributed by atoms with Crippen molar-refractivity contribution in [3.63, 3.8) is 0 Å². The smallest absolute Gasteiger partial charge is 0.0249 e.